The van der Waals surface area contributed by atoms with Gasteiger partial charge in [-0.1, -0.05) is 0 Å². The summed E-state index contributed by atoms with van der Waals surface area (Å²) in [5.74, 6) is -1.26. The van der Waals surface area contributed by atoms with E-state index in [1.165, 1.54) is 0 Å². The van der Waals surface area contributed by atoms with E-state index in [1.54, 1.807) is 7.11 Å². The molecule has 0 fully saturated rings. The fourth-order valence-electron chi connectivity index (χ4n) is 1.68. The number of ether oxygens (including phenoxy) is 1. The second kappa shape index (κ2) is 8.16. The molecule has 19 heavy (non-hydrogen) atoms. The largest absolute Gasteiger partial charge is 0.395 e. The Kier molecular flexibility index (Phi) is 6.86. The van der Waals surface area contributed by atoms with E-state index in [2.05, 4.69) is 5.32 Å². The molecular weight excluding hydrogens is 256 g/mol. The summed E-state index contributed by atoms with van der Waals surface area (Å²) in [5, 5.41) is 21.8. The number of nitrogens with one attached hydrogen (secondary N) is 1. The van der Waals surface area contributed by atoms with Gasteiger partial charge in [0.05, 0.1) is 12.7 Å². The van der Waals surface area contributed by atoms with E-state index < -0.39 is 17.7 Å². The van der Waals surface area contributed by atoms with E-state index in [4.69, 9.17) is 9.84 Å². The van der Waals surface area contributed by atoms with Crippen molar-refractivity contribution < 1.29 is 23.7 Å². The Balaban J connectivity index is 2.54. The Morgan fingerprint density at radius 1 is 1.37 bits per heavy atom. The van der Waals surface area contributed by atoms with Crippen LogP contribution in [-0.4, -0.2) is 43.1 Å². The highest BCUT2D eigenvalue weighted by atomic mass is 19.1. The fourth-order valence-corrected chi connectivity index (χ4v) is 1.68. The molecule has 0 bridgehead atoms. The smallest absolute Gasteiger partial charge is 0.129 e. The van der Waals surface area contributed by atoms with Gasteiger partial charge in [0.1, 0.15) is 11.6 Å². The van der Waals surface area contributed by atoms with Crippen molar-refractivity contribution in [3.05, 3.63) is 35.4 Å². The highest BCUT2D eigenvalue weighted by molar-refractivity contribution is 5.21. The molecule has 0 radical (unpaired) electrons. The topological polar surface area (TPSA) is 61.7 Å². The van der Waals surface area contributed by atoms with Crippen LogP contribution >= 0.6 is 0 Å². The minimum Gasteiger partial charge on any atom is -0.395 e. The number of hydrogen-bond acceptors (Lipinski definition) is 4. The Morgan fingerprint density at radius 3 is 2.74 bits per heavy atom. The third-order valence-electron chi connectivity index (χ3n) is 2.81. The second-order valence-electron chi connectivity index (χ2n) is 4.25. The molecule has 0 aromatic heterocycles. The molecule has 0 spiro atoms. The van der Waals surface area contributed by atoms with Crippen LogP contribution in [0.1, 0.15) is 18.1 Å². The molecule has 1 aromatic carbocycles. The van der Waals surface area contributed by atoms with Crippen LogP contribution in [0.3, 0.4) is 0 Å². The fraction of sp³-hybridized carbons (Fsp3) is 0.538. The predicted molar refractivity (Wildman–Crippen MR) is 66.7 cm³/mol. The van der Waals surface area contributed by atoms with Gasteiger partial charge in [-0.2, -0.15) is 0 Å². The maximum atomic E-state index is 13.4. The molecular formula is C13H19F2NO3. The van der Waals surface area contributed by atoms with Crippen molar-refractivity contribution in [1.82, 2.24) is 5.32 Å². The van der Waals surface area contributed by atoms with Gasteiger partial charge in [0.25, 0.3) is 0 Å². The number of halogens is 2. The number of aliphatic hydroxyl groups is 2. The quantitative estimate of drug-likeness (QED) is 0.662. The van der Waals surface area contributed by atoms with E-state index in [9.17, 15) is 13.9 Å². The van der Waals surface area contributed by atoms with Crippen LogP contribution in [-0.2, 0) is 4.74 Å². The minimum absolute atomic E-state index is 0.0231. The van der Waals surface area contributed by atoms with Gasteiger partial charge in [0.15, 0.2) is 0 Å². The predicted octanol–water partition coefficient (Wildman–Crippen LogP) is 0.985. The molecule has 0 amide bonds. The van der Waals surface area contributed by atoms with Crippen LogP contribution in [0.4, 0.5) is 8.78 Å². The van der Waals surface area contributed by atoms with Crippen LogP contribution in [0.2, 0.25) is 0 Å². The third-order valence-corrected chi connectivity index (χ3v) is 2.81. The van der Waals surface area contributed by atoms with Gasteiger partial charge < -0.3 is 20.3 Å². The molecule has 4 nitrogen and oxygen atoms in total. The summed E-state index contributed by atoms with van der Waals surface area (Å²) in [4.78, 5) is 0. The van der Waals surface area contributed by atoms with Gasteiger partial charge in [-0.3, -0.25) is 0 Å². The van der Waals surface area contributed by atoms with Gasteiger partial charge in [0, 0.05) is 31.9 Å². The van der Waals surface area contributed by atoms with E-state index in [0.717, 1.165) is 18.2 Å². The van der Waals surface area contributed by atoms with Crippen molar-refractivity contribution in [3.63, 3.8) is 0 Å². The van der Waals surface area contributed by atoms with Gasteiger partial charge in [-0.05, 0) is 24.6 Å². The van der Waals surface area contributed by atoms with Gasteiger partial charge in [-0.25, -0.2) is 8.78 Å². The molecule has 2 unspecified atom stereocenters. The van der Waals surface area contributed by atoms with Gasteiger partial charge in [-0.15, -0.1) is 0 Å². The van der Waals surface area contributed by atoms with Crippen LogP contribution in [0.15, 0.2) is 18.2 Å². The maximum Gasteiger partial charge on any atom is 0.129 e. The van der Waals surface area contributed by atoms with Crippen molar-refractivity contribution in [2.75, 3.05) is 26.9 Å². The molecule has 2 atom stereocenters. The summed E-state index contributed by atoms with van der Waals surface area (Å²) in [6.07, 6.45) is -0.613. The van der Waals surface area contributed by atoms with Crippen LogP contribution in [0, 0.1) is 11.6 Å². The molecule has 3 N–H and O–H groups in total. The lowest BCUT2D eigenvalue weighted by Crippen LogP contribution is -2.36. The van der Waals surface area contributed by atoms with Crippen molar-refractivity contribution in [3.8, 4) is 0 Å². The first kappa shape index (κ1) is 16.0. The number of benzene rings is 1. The third kappa shape index (κ3) is 5.20. The van der Waals surface area contributed by atoms with E-state index in [1.807, 2.05) is 0 Å². The average molecular weight is 275 g/mol. The Morgan fingerprint density at radius 2 is 2.11 bits per heavy atom. The molecule has 0 heterocycles. The summed E-state index contributed by atoms with van der Waals surface area (Å²) >= 11 is 0. The second-order valence-corrected chi connectivity index (χ2v) is 4.25. The summed E-state index contributed by atoms with van der Waals surface area (Å²) in [6, 6.07) is 2.67. The van der Waals surface area contributed by atoms with Crippen molar-refractivity contribution in [1.29, 1.82) is 0 Å². The first-order valence-electron chi connectivity index (χ1n) is 6.04. The molecule has 0 aliphatic carbocycles. The summed E-state index contributed by atoms with van der Waals surface area (Å²) < 4.78 is 31.3. The standard InChI is InChI=1S/C13H19F2NO3/c1-19-5-4-10(8-17)16-7-13(18)11-6-9(14)2-3-12(11)15/h2-3,6,10,13,16-18H,4-5,7-8H2,1H3. The highest BCUT2D eigenvalue weighted by Crippen LogP contribution is 2.17. The lowest BCUT2D eigenvalue weighted by atomic mass is 10.1. The van der Waals surface area contributed by atoms with Gasteiger partial charge in [0.2, 0.25) is 0 Å². The Hall–Kier alpha value is -1.08. The molecule has 1 aromatic rings. The molecule has 108 valence electrons. The van der Waals surface area contributed by atoms with E-state index in [0.29, 0.717) is 13.0 Å². The SMILES string of the molecule is COCCC(CO)NCC(O)c1cc(F)ccc1F. The lowest BCUT2D eigenvalue weighted by Gasteiger charge is -2.19. The van der Waals surface area contributed by atoms with Crippen LogP contribution < -0.4 is 5.32 Å². The monoisotopic (exact) mass is 275 g/mol. The normalized spacial score (nSPS) is 14.4. The summed E-state index contributed by atoms with van der Waals surface area (Å²) in [5.41, 5.74) is -0.101. The summed E-state index contributed by atoms with van der Waals surface area (Å²) in [7, 11) is 1.55. The first-order valence-corrected chi connectivity index (χ1v) is 6.04. The number of rotatable bonds is 8. The number of hydrogen-bond donors (Lipinski definition) is 3. The molecule has 6 heteroatoms. The zero-order valence-corrected chi connectivity index (χ0v) is 10.8. The Bertz CT molecular complexity index is 390. The lowest BCUT2D eigenvalue weighted by molar-refractivity contribution is 0.135. The van der Waals surface area contributed by atoms with Crippen LogP contribution in [0.25, 0.3) is 0 Å². The van der Waals surface area contributed by atoms with Crippen molar-refractivity contribution in [2.24, 2.45) is 0 Å². The van der Waals surface area contributed by atoms with E-state index in [-0.39, 0.29) is 24.8 Å². The zero-order chi connectivity index (χ0) is 14.3. The molecule has 0 aliphatic heterocycles. The first-order chi connectivity index (χ1) is 9.08. The molecule has 0 saturated carbocycles. The summed E-state index contributed by atoms with van der Waals surface area (Å²) in [6.45, 7) is 0.361. The highest BCUT2D eigenvalue weighted by Gasteiger charge is 2.15. The number of methoxy groups -OCH3 is 1. The molecule has 0 aliphatic rings. The molecule has 1 rings (SSSR count). The van der Waals surface area contributed by atoms with Crippen molar-refractivity contribution >= 4 is 0 Å². The minimum atomic E-state index is -1.17. The van der Waals surface area contributed by atoms with Crippen molar-refractivity contribution in [2.45, 2.75) is 18.6 Å². The van der Waals surface area contributed by atoms with E-state index >= 15 is 0 Å². The van der Waals surface area contributed by atoms with Crippen LogP contribution in [0.5, 0.6) is 0 Å². The maximum absolute atomic E-state index is 13.4. The Labute approximate surface area is 111 Å². The number of aliphatic hydroxyl groups excluding tert-OH is 2. The van der Waals surface area contributed by atoms with Gasteiger partial charge >= 0.3 is 0 Å². The molecule has 0 saturated heterocycles. The zero-order valence-electron chi connectivity index (χ0n) is 10.8. The average Bonchev–Trinajstić information content (AvgIpc) is 2.41.